The molecule has 21 heavy (non-hydrogen) atoms. The third kappa shape index (κ3) is 4.21. The molecule has 1 saturated heterocycles. The molecule has 0 amide bonds. The van der Waals surface area contributed by atoms with Crippen LogP contribution in [-0.2, 0) is 11.3 Å². The molecule has 0 saturated carbocycles. The Morgan fingerprint density at radius 2 is 2.14 bits per heavy atom. The number of benzene rings is 1. The Labute approximate surface area is 129 Å². The normalized spacial score (nSPS) is 22.9. The fourth-order valence-electron chi connectivity index (χ4n) is 2.87. The van der Waals surface area contributed by atoms with Crippen LogP contribution in [0.2, 0.25) is 0 Å². The number of morpholine rings is 1. The van der Waals surface area contributed by atoms with Gasteiger partial charge in [-0.1, -0.05) is 26.8 Å². The van der Waals surface area contributed by atoms with Crippen molar-refractivity contribution in [1.29, 1.82) is 0 Å². The van der Waals surface area contributed by atoms with Crippen LogP contribution in [0.1, 0.15) is 45.2 Å². The molecule has 1 aliphatic heterocycles. The molecule has 2 atom stereocenters. The first-order valence-corrected chi connectivity index (χ1v) is 8.22. The smallest absolute Gasteiger partial charge is 0.0723 e. The summed E-state index contributed by atoms with van der Waals surface area (Å²) in [5, 5.41) is 3.50. The highest BCUT2D eigenvalue weighted by Gasteiger charge is 2.25. The van der Waals surface area contributed by atoms with E-state index in [2.05, 4.69) is 63.0 Å². The van der Waals surface area contributed by atoms with Crippen LogP contribution in [0, 0.1) is 6.92 Å². The van der Waals surface area contributed by atoms with Gasteiger partial charge in [0.15, 0.2) is 0 Å². The number of nitrogens with zero attached hydrogens (tertiary/aromatic N) is 1. The Morgan fingerprint density at radius 3 is 2.76 bits per heavy atom. The minimum Gasteiger partial charge on any atom is -0.375 e. The third-order valence-electron chi connectivity index (χ3n) is 4.30. The zero-order valence-electron chi connectivity index (χ0n) is 14.1. The molecule has 0 aliphatic carbocycles. The maximum absolute atomic E-state index is 5.80. The van der Waals surface area contributed by atoms with Gasteiger partial charge >= 0.3 is 0 Å². The lowest BCUT2D eigenvalue weighted by atomic mass is 10.0. The lowest BCUT2D eigenvalue weighted by Gasteiger charge is -2.40. The van der Waals surface area contributed by atoms with Crippen molar-refractivity contribution in [2.45, 2.75) is 65.8 Å². The Morgan fingerprint density at radius 1 is 1.38 bits per heavy atom. The van der Waals surface area contributed by atoms with Gasteiger partial charge in [-0.25, -0.2) is 0 Å². The Bertz CT molecular complexity index is 459. The van der Waals surface area contributed by atoms with E-state index in [0.29, 0.717) is 18.2 Å². The summed E-state index contributed by atoms with van der Waals surface area (Å²) in [4.78, 5) is 2.51. The molecule has 3 nitrogen and oxygen atoms in total. The van der Waals surface area contributed by atoms with Crippen LogP contribution in [0.5, 0.6) is 0 Å². The van der Waals surface area contributed by atoms with E-state index in [-0.39, 0.29) is 0 Å². The molecule has 1 aromatic rings. The topological polar surface area (TPSA) is 24.5 Å². The molecule has 1 N–H and O–H groups in total. The molecule has 0 aromatic heterocycles. The summed E-state index contributed by atoms with van der Waals surface area (Å²) in [6, 6.07) is 7.89. The summed E-state index contributed by atoms with van der Waals surface area (Å²) >= 11 is 0. The van der Waals surface area contributed by atoms with Gasteiger partial charge in [0.05, 0.1) is 18.8 Å². The maximum Gasteiger partial charge on any atom is 0.0723 e. The minimum absolute atomic E-state index is 0.315. The molecule has 2 unspecified atom stereocenters. The van der Waals surface area contributed by atoms with Crippen LogP contribution in [-0.4, -0.2) is 31.3 Å². The number of hydrogen-bond acceptors (Lipinski definition) is 3. The van der Waals surface area contributed by atoms with Crippen molar-refractivity contribution in [3.8, 4) is 0 Å². The van der Waals surface area contributed by atoms with E-state index in [0.717, 1.165) is 26.1 Å². The molecule has 1 fully saturated rings. The lowest BCUT2D eigenvalue weighted by molar-refractivity contribution is 0.0299. The van der Waals surface area contributed by atoms with Crippen molar-refractivity contribution in [2.24, 2.45) is 0 Å². The summed E-state index contributed by atoms with van der Waals surface area (Å²) in [7, 11) is 0. The van der Waals surface area contributed by atoms with Gasteiger partial charge in [-0.3, -0.25) is 0 Å². The van der Waals surface area contributed by atoms with Gasteiger partial charge in [0, 0.05) is 24.8 Å². The second-order valence-corrected chi connectivity index (χ2v) is 6.50. The van der Waals surface area contributed by atoms with Crippen LogP contribution in [0.25, 0.3) is 0 Å². The largest absolute Gasteiger partial charge is 0.375 e. The molecule has 118 valence electrons. The van der Waals surface area contributed by atoms with Crippen molar-refractivity contribution < 1.29 is 4.74 Å². The number of ether oxygens (including phenoxy) is 1. The van der Waals surface area contributed by atoms with E-state index < -0.39 is 0 Å². The molecular formula is C18H30N2O. The van der Waals surface area contributed by atoms with Crippen LogP contribution in [0.3, 0.4) is 0 Å². The second-order valence-electron chi connectivity index (χ2n) is 6.50. The van der Waals surface area contributed by atoms with Crippen LogP contribution >= 0.6 is 0 Å². The second kappa shape index (κ2) is 7.28. The maximum atomic E-state index is 5.80. The van der Waals surface area contributed by atoms with Gasteiger partial charge in [-0.05, 0) is 43.5 Å². The van der Waals surface area contributed by atoms with Gasteiger partial charge in [-0.2, -0.15) is 0 Å². The van der Waals surface area contributed by atoms with E-state index in [4.69, 9.17) is 4.74 Å². The Hall–Kier alpha value is -1.06. The van der Waals surface area contributed by atoms with Crippen molar-refractivity contribution in [3.05, 3.63) is 29.3 Å². The van der Waals surface area contributed by atoms with Gasteiger partial charge in [-0.15, -0.1) is 0 Å². The van der Waals surface area contributed by atoms with E-state index in [9.17, 15) is 0 Å². The summed E-state index contributed by atoms with van der Waals surface area (Å²) in [6.07, 6.45) is 1.44. The van der Waals surface area contributed by atoms with E-state index in [1.807, 2.05) is 0 Å². The van der Waals surface area contributed by atoms with Crippen molar-refractivity contribution in [2.75, 3.05) is 18.1 Å². The molecule has 0 spiro atoms. The number of rotatable bonds is 5. The highest BCUT2D eigenvalue weighted by atomic mass is 16.5. The van der Waals surface area contributed by atoms with Gasteiger partial charge in [0.2, 0.25) is 0 Å². The Kier molecular flexibility index (Phi) is 5.65. The molecule has 2 rings (SSSR count). The van der Waals surface area contributed by atoms with E-state index in [1.54, 1.807) is 0 Å². The number of anilines is 1. The fraction of sp³-hybridized carbons (Fsp3) is 0.667. The molecule has 1 aliphatic rings. The number of nitrogens with one attached hydrogen (secondary N) is 1. The van der Waals surface area contributed by atoms with Crippen LogP contribution < -0.4 is 10.2 Å². The van der Waals surface area contributed by atoms with E-state index in [1.165, 1.54) is 16.8 Å². The number of aryl methyl sites for hydroxylation is 1. The molecule has 0 bridgehead atoms. The molecule has 1 heterocycles. The van der Waals surface area contributed by atoms with Crippen molar-refractivity contribution >= 4 is 5.69 Å². The molecule has 0 radical (unpaired) electrons. The lowest BCUT2D eigenvalue weighted by Crippen LogP contribution is -2.48. The number of hydrogen-bond donors (Lipinski definition) is 1. The van der Waals surface area contributed by atoms with Gasteiger partial charge < -0.3 is 15.0 Å². The first kappa shape index (κ1) is 16.3. The first-order valence-electron chi connectivity index (χ1n) is 8.22. The molecule has 1 aromatic carbocycles. The molecular weight excluding hydrogens is 260 g/mol. The van der Waals surface area contributed by atoms with E-state index >= 15 is 0 Å². The van der Waals surface area contributed by atoms with Crippen LogP contribution in [0.15, 0.2) is 18.2 Å². The quantitative estimate of drug-likeness (QED) is 0.898. The summed E-state index contributed by atoms with van der Waals surface area (Å²) < 4.78 is 5.80. The van der Waals surface area contributed by atoms with Crippen molar-refractivity contribution in [1.82, 2.24) is 5.32 Å². The predicted molar refractivity (Wildman–Crippen MR) is 90.0 cm³/mol. The zero-order chi connectivity index (χ0) is 15.4. The van der Waals surface area contributed by atoms with Crippen molar-refractivity contribution in [3.63, 3.8) is 0 Å². The zero-order valence-corrected chi connectivity index (χ0v) is 14.1. The average Bonchev–Trinajstić information content (AvgIpc) is 2.45. The summed E-state index contributed by atoms with van der Waals surface area (Å²) in [5.74, 6) is 0. The summed E-state index contributed by atoms with van der Waals surface area (Å²) in [5.41, 5.74) is 4.10. The minimum atomic E-state index is 0.315. The predicted octanol–water partition coefficient (Wildman–Crippen LogP) is 3.50. The van der Waals surface area contributed by atoms with Crippen LogP contribution in [0.4, 0.5) is 5.69 Å². The van der Waals surface area contributed by atoms with Gasteiger partial charge in [0.25, 0.3) is 0 Å². The highest BCUT2D eigenvalue weighted by Crippen LogP contribution is 2.25. The Balaban J connectivity index is 2.14. The third-order valence-corrected chi connectivity index (χ3v) is 4.30. The fourth-order valence-corrected chi connectivity index (χ4v) is 2.87. The monoisotopic (exact) mass is 290 g/mol. The standard InChI is InChI=1S/C18H30N2O/c1-6-17-12-21-15(5)11-20(17)18-8-7-16(14(4)9-18)10-19-13(2)3/h7-9,13,15,17,19H,6,10-12H2,1-5H3. The summed E-state index contributed by atoms with van der Waals surface area (Å²) in [6.45, 7) is 13.8. The van der Waals surface area contributed by atoms with Gasteiger partial charge in [0.1, 0.15) is 0 Å². The SMILES string of the molecule is CCC1COC(C)CN1c1ccc(CNC(C)C)c(C)c1. The molecule has 3 heteroatoms. The average molecular weight is 290 g/mol. The highest BCUT2D eigenvalue weighted by molar-refractivity contribution is 5.52. The first-order chi connectivity index (χ1) is 10.0.